The fraction of sp³-hybridized carbons (Fsp3) is 0.471. The van der Waals surface area contributed by atoms with Gasteiger partial charge in [0.1, 0.15) is 5.82 Å². The normalized spacial score (nSPS) is 15.9. The van der Waals surface area contributed by atoms with Gasteiger partial charge in [-0.1, -0.05) is 0 Å². The summed E-state index contributed by atoms with van der Waals surface area (Å²) in [6, 6.07) is 3.79. The van der Waals surface area contributed by atoms with Crippen molar-refractivity contribution in [2.45, 2.75) is 32.7 Å². The van der Waals surface area contributed by atoms with E-state index in [0.717, 1.165) is 12.8 Å². The highest BCUT2D eigenvalue weighted by atomic mass is 79.9. The lowest BCUT2D eigenvalue weighted by Crippen LogP contribution is -2.34. The Bertz CT molecular complexity index is 1060. The lowest BCUT2D eigenvalue weighted by molar-refractivity contribution is 0.234. The molecule has 1 aromatic heterocycles. The number of nitrogens with one attached hydrogen (secondary N) is 3. The maximum Gasteiger partial charge on any atom is 0.336 e. The van der Waals surface area contributed by atoms with E-state index in [0.29, 0.717) is 12.2 Å². The summed E-state index contributed by atoms with van der Waals surface area (Å²) < 4.78 is 49.6. The van der Waals surface area contributed by atoms with Gasteiger partial charge < -0.3 is 5.32 Å². The highest BCUT2D eigenvalue weighted by Gasteiger charge is 2.44. The smallest absolute Gasteiger partial charge is 0.336 e. The molecule has 0 atom stereocenters. The first-order valence-corrected chi connectivity index (χ1v) is 11.5. The molecule has 0 saturated heterocycles. The third kappa shape index (κ3) is 6.43. The fourth-order valence-electron chi connectivity index (χ4n) is 2.62. The molecule has 1 heterocycles. The van der Waals surface area contributed by atoms with E-state index in [2.05, 4.69) is 41.3 Å². The van der Waals surface area contributed by atoms with Crippen molar-refractivity contribution >= 4 is 43.6 Å². The summed E-state index contributed by atoms with van der Waals surface area (Å²) in [7, 11) is -3.83. The van der Waals surface area contributed by atoms with Crippen molar-refractivity contribution in [1.29, 1.82) is 0 Å². The van der Waals surface area contributed by atoms with Crippen LogP contribution in [0.5, 0.6) is 0 Å². The van der Waals surface area contributed by atoms with Crippen LogP contribution in [-0.4, -0.2) is 49.0 Å². The van der Waals surface area contributed by atoms with Crippen molar-refractivity contribution in [3.8, 4) is 0 Å². The van der Waals surface area contributed by atoms with Crippen LogP contribution in [0.25, 0.3) is 0 Å². The molecule has 0 radical (unpaired) electrons. The quantitative estimate of drug-likeness (QED) is 0.210. The van der Waals surface area contributed by atoms with Gasteiger partial charge in [0.25, 0.3) is 0 Å². The molecule has 0 spiro atoms. The van der Waals surface area contributed by atoms with Crippen LogP contribution < -0.4 is 15.5 Å². The second kappa shape index (κ2) is 9.56. The van der Waals surface area contributed by atoms with E-state index in [1.807, 2.05) is 5.48 Å². The monoisotopic (exact) mass is 520 g/mol. The molecule has 2 aromatic rings. The summed E-state index contributed by atoms with van der Waals surface area (Å²) in [4.78, 5) is 4.18. The Labute approximate surface area is 186 Å². The molecule has 1 aliphatic carbocycles. The predicted molar refractivity (Wildman–Crippen MR) is 113 cm³/mol. The van der Waals surface area contributed by atoms with E-state index < -0.39 is 16.1 Å². The van der Waals surface area contributed by atoms with E-state index >= 15 is 0 Å². The van der Waals surface area contributed by atoms with Crippen molar-refractivity contribution in [3.05, 3.63) is 34.2 Å². The van der Waals surface area contributed by atoms with Crippen LogP contribution in [0.4, 0.5) is 15.9 Å². The zero-order chi connectivity index (χ0) is 22.6. The SMILES string of the molecule is CC(C)NS(=O)(=O)OCC1(CNc2nonc2C(=Nc2ccc(F)c(Br)c2)NO)CC1. The minimum absolute atomic E-state index is 0.00543. The number of hydrogen-bond donors (Lipinski definition) is 4. The first kappa shape index (κ1) is 23.5. The summed E-state index contributed by atoms with van der Waals surface area (Å²) >= 11 is 3.07. The van der Waals surface area contributed by atoms with E-state index in [-0.39, 0.29) is 39.9 Å². The topological polar surface area (TPSA) is 151 Å². The molecule has 4 N–H and O–H groups in total. The number of halogens is 2. The number of hydroxylamine groups is 1. The van der Waals surface area contributed by atoms with Gasteiger partial charge in [0, 0.05) is 18.0 Å². The largest absolute Gasteiger partial charge is 0.365 e. The van der Waals surface area contributed by atoms with E-state index in [1.165, 1.54) is 18.2 Å². The molecule has 14 heteroatoms. The molecule has 0 bridgehead atoms. The minimum Gasteiger partial charge on any atom is -0.365 e. The van der Waals surface area contributed by atoms with Crippen LogP contribution in [-0.2, 0) is 14.5 Å². The molecule has 170 valence electrons. The number of hydrogen-bond acceptors (Lipinski definition) is 9. The van der Waals surface area contributed by atoms with Gasteiger partial charge in [0.15, 0.2) is 11.5 Å². The Balaban J connectivity index is 1.67. The van der Waals surface area contributed by atoms with Crippen LogP contribution in [0, 0.1) is 11.2 Å². The average Bonchev–Trinajstić information content (AvgIpc) is 3.33. The number of amidine groups is 1. The Morgan fingerprint density at radius 2 is 2.16 bits per heavy atom. The van der Waals surface area contributed by atoms with Crippen molar-refractivity contribution in [3.63, 3.8) is 0 Å². The number of benzene rings is 1. The molecule has 1 saturated carbocycles. The molecule has 11 nitrogen and oxygen atoms in total. The summed E-state index contributed by atoms with van der Waals surface area (Å²) in [5.74, 6) is -0.339. The standard InChI is InChI=1S/C17H22BrFN6O5S/c1-10(2)25-31(27,28)29-9-17(5-6-17)8-20-15-14(23-30-24-15)16(22-26)21-11-3-4-13(19)12(18)7-11/h3-4,7,10,25-26H,5-6,8-9H2,1-2H3,(H,20,24)(H,21,22). The number of rotatable bonds is 10. The van der Waals surface area contributed by atoms with E-state index in [4.69, 9.17) is 8.81 Å². The highest BCUT2D eigenvalue weighted by molar-refractivity contribution is 9.10. The molecule has 0 aliphatic heterocycles. The molecule has 0 unspecified atom stereocenters. The van der Waals surface area contributed by atoms with Gasteiger partial charge in [-0.3, -0.25) is 14.9 Å². The predicted octanol–water partition coefficient (Wildman–Crippen LogP) is 2.48. The van der Waals surface area contributed by atoms with Crippen molar-refractivity contribution in [1.82, 2.24) is 20.5 Å². The third-order valence-corrected chi connectivity index (χ3v) is 6.25. The summed E-state index contributed by atoms with van der Waals surface area (Å²) in [6.45, 7) is 3.75. The van der Waals surface area contributed by atoms with Crippen LogP contribution in [0.2, 0.25) is 0 Å². The van der Waals surface area contributed by atoms with Gasteiger partial charge in [-0.2, -0.15) is 13.1 Å². The lowest BCUT2D eigenvalue weighted by Gasteiger charge is -2.17. The molecule has 1 fully saturated rings. The van der Waals surface area contributed by atoms with E-state index in [9.17, 15) is 18.0 Å². The van der Waals surface area contributed by atoms with Crippen LogP contribution >= 0.6 is 15.9 Å². The van der Waals surface area contributed by atoms with Gasteiger partial charge in [-0.15, -0.1) is 0 Å². The van der Waals surface area contributed by atoms with Crippen molar-refractivity contribution in [2.24, 2.45) is 10.4 Å². The van der Waals surface area contributed by atoms with Crippen LogP contribution in [0.15, 0.2) is 32.3 Å². The Morgan fingerprint density at radius 1 is 1.42 bits per heavy atom. The van der Waals surface area contributed by atoms with Crippen LogP contribution in [0.1, 0.15) is 32.4 Å². The Kier molecular flexibility index (Phi) is 7.26. The summed E-state index contributed by atoms with van der Waals surface area (Å²) in [5.41, 5.74) is 1.98. The van der Waals surface area contributed by atoms with Crippen molar-refractivity contribution < 1.29 is 26.8 Å². The number of nitrogens with zero attached hydrogens (tertiary/aromatic N) is 3. The molecule has 1 aliphatic rings. The maximum atomic E-state index is 13.4. The zero-order valence-electron chi connectivity index (χ0n) is 16.7. The molecule has 3 rings (SSSR count). The second-order valence-electron chi connectivity index (χ2n) is 7.47. The fourth-order valence-corrected chi connectivity index (χ4v) is 4.04. The summed E-state index contributed by atoms with van der Waals surface area (Å²) in [6.07, 6.45) is 1.53. The van der Waals surface area contributed by atoms with Gasteiger partial charge >= 0.3 is 10.3 Å². The first-order chi connectivity index (χ1) is 14.6. The maximum absolute atomic E-state index is 13.4. The molecule has 0 amide bonds. The Morgan fingerprint density at radius 3 is 2.77 bits per heavy atom. The van der Waals surface area contributed by atoms with Gasteiger partial charge in [0.05, 0.1) is 16.8 Å². The molecular formula is C17H22BrFN6O5S. The summed E-state index contributed by atoms with van der Waals surface area (Å²) in [5, 5.41) is 20.0. The molecule has 31 heavy (non-hydrogen) atoms. The zero-order valence-corrected chi connectivity index (χ0v) is 19.1. The first-order valence-electron chi connectivity index (χ1n) is 9.30. The lowest BCUT2D eigenvalue weighted by atomic mass is 10.1. The van der Waals surface area contributed by atoms with Crippen molar-refractivity contribution in [2.75, 3.05) is 18.5 Å². The Hall–Kier alpha value is -2.13. The molecule has 1 aromatic carbocycles. The third-order valence-electron chi connectivity index (χ3n) is 4.45. The van der Waals surface area contributed by atoms with E-state index in [1.54, 1.807) is 13.8 Å². The molecular weight excluding hydrogens is 499 g/mol. The van der Waals surface area contributed by atoms with Gasteiger partial charge in [0.2, 0.25) is 5.82 Å². The highest BCUT2D eigenvalue weighted by Crippen LogP contribution is 2.46. The number of aromatic nitrogens is 2. The number of anilines is 1. The average molecular weight is 521 g/mol. The second-order valence-corrected chi connectivity index (χ2v) is 9.71. The van der Waals surface area contributed by atoms with Crippen LogP contribution in [0.3, 0.4) is 0 Å². The minimum atomic E-state index is -3.83. The van der Waals surface area contributed by atoms with Gasteiger partial charge in [-0.25, -0.2) is 14.0 Å². The number of aliphatic imine (C=N–C) groups is 1. The van der Waals surface area contributed by atoms with Gasteiger partial charge in [-0.05, 0) is 71.1 Å².